The van der Waals surface area contributed by atoms with Gasteiger partial charge in [0.2, 0.25) is 0 Å². The molecule has 6 heteroatoms. The van der Waals surface area contributed by atoms with Crippen molar-refractivity contribution in [2.24, 2.45) is 5.92 Å². The van der Waals surface area contributed by atoms with Crippen LogP contribution in [0.25, 0.3) is 0 Å². The summed E-state index contributed by atoms with van der Waals surface area (Å²) >= 11 is 5.72. The molecular weight excluding hydrogens is 279 g/mol. The number of nitrogens with zero attached hydrogens (tertiary/aromatic N) is 1. The molecule has 0 amide bonds. The van der Waals surface area contributed by atoms with Crippen LogP contribution in [0.15, 0.2) is 12.1 Å². The molecule has 1 aromatic rings. The van der Waals surface area contributed by atoms with E-state index in [2.05, 4.69) is 4.98 Å². The molecule has 0 spiro atoms. The van der Waals surface area contributed by atoms with Crippen LogP contribution in [0, 0.1) is 5.92 Å². The molecule has 0 N–H and O–H groups in total. The van der Waals surface area contributed by atoms with Crippen molar-refractivity contribution in [3.05, 3.63) is 28.5 Å². The van der Waals surface area contributed by atoms with Crippen LogP contribution in [0.3, 0.4) is 0 Å². The second kappa shape index (κ2) is 5.49. The number of Topliss-reactive ketones (excluding diaryl/α,β-unsaturated/α-hetero) is 1. The first kappa shape index (κ1) is 14.3. The van der Waals surface area contributed by atoms with Crippen LogP contribution in [0.4, 0.5) is 13.2 Å². The number of ketones is 1. The molecule has 1 heterocycles. The van der Waals surface area contributed by atoms with Crippen LogP contribution in [-0.2, 0) is 6.18 Å². The summed E-state index contributed by atoms with van der Waals surface area (Å²) in [7, 11) is 0. The summed E-state index contributed by atoms with van der Waals surface area (Å²) in [6.07, 6.45) is 0.0510. The molecule has 0 saturated heterocycles. The van der Waals surface area contributed by atoms with E-state index in [0.717, 1.165) is 44.2 Å². The van der Waals surface area contributed by atoms with Crippen molar-refractivity contribution in [3.63, 3.8) is 0 Å². The first-order chi connectivity index (χ1) is 8.89. The van der Waals surface area contributed by atoms with Crippen LogP contribution < -0.4 is 0 Å². The lowest BCUT2D eigenvalue weighted by Gasteiger charge is -2.20. The number of carbonyl (C=O) groups excluding carboxylic acids is 1. The normalized spacial score (nSPS) is 17.5. The number of hydrogen-bond acceptors (Lipinski definition) is 2. The van der Waals surface area contributed by atoms with Gasteiger partial charge in [-0.1, -0.05) is 30.9 Å². The molecule has 1 aliphatic rings. The summed E-state index contributed by atoms with van der Waals surface area (Å²) in [6, 6.07) is 1.94. The van der Waals surface area contributed by atoms with E-state index in [1.807, 2.05) is 0 Å². The first-order valence-electron chi connectivity index (χ1n) is 6.17. The standard InChI is InChI=1S/C13H13ClF3NO/c14-12-9(6-7-10(18-12)13(15,16)17)11(19)8-4-2-1-3-5-8/h6-8H,1-5H2. The summed E-state index contributed by atoms with van der Waals surface area (Å²) in [5.74, 6) is -0.323. The summed E-state index contributed by atoms with van der Waals surface area (Å²) in [5, 5.41) is -0.356. The molecule has 1 aromatic heterocycles. The van der Waals surface area contributed by atoms with Crippen LogP contribution in [0.5, 0.6) is 0 Å². The van der Waals surface area contributed by atoms with E-state index in [0.29, 0.717) is 0 Å². The average molecular weight is 292 g/mol. The number of rotatable bonds is 2. The average Bonchev–Trinajstić information content (AvgIpc) is 2.38. The highest BCUT2D eigenvalue weighted by atomic mass is 35.5. The summed E-state index contributed by atoms with van der Waals surface area (Å²) < 4.78 is 37.3. The molecule has 0 radical (unpaired) electrons. The van der Waals surface area contributed by atoms with Crippen molar-refractivity contribution in [3.8, 4) is 0 Å². The maximum absolute atomic E-state index is 12.4. The molecule has 2 rings (SSSR count). The Balaban J connectivity index is 2.23. The molecule has 0 aliphatic heterocycles. The summed E-state index contributed by atoms with van der Waals surface area (Å²) in [4.78, 5) is 15.5. The molecule has 1 aliphatic carbocycles. The Morgan fingerprint density at radius 2 is 1.84 bits per heavy atom. The van der Waals surface area contributed by atoms with Crippen LogP contribution in [0.2, 0.25) is 5.15 Å². The van der Waals surface area contributed by atoms with Crippen LogP contribution in [-0.4, -0.2) is 10.8 Å². The smallest absolute Gasteiger partial charge is 0.294 e. The third-order valence-electron chi connectivity index (χ3n) is 3.38. The highest BCUT2D eigenvalue weighted by Crippen LogP contribution is 2.32. The van der Waals surface area contributed by atoms with E-state index in [9.17, 15) is 18.0 Å². The molecular formula is C13H13ClF3NO. The van der Waals surface area contributed by atoms with Crippen molar-refractivity contribution >= 4 is 17.4 Å². The van der Waals surface area contributed by atoms with Gasteiger partial charge in [-0.2, -0.15) is 13.2 Å². The second-order valence-corrected chi connectivity index (χ2v) is 5.09. The van der Waals surface area contributed by atoms with Crippen molar-refractivity contribution in [1.82, 2.24) is 4.98 Å². The molecule has 0 atom stereocenters. The maximum atomic E-state index is 12.4. The number of hydrogen-bond donors (Lipinski definition) is 0. The zero-order valence-electron chi connectivity index (χ0n) is 10.1. The second-order valence-electron chi connectivity index (χ2n) is 4.73. The Hall–Kier alpha value is -1.10. The number of alkyl halides is 3. The van der Waals surface area contributed by atoms with E-state index in [1.54, 1.807) is 0 Å². The van der Waals surface area contributed by atoms with E-state index in [4.69, 9.17) is 11.6 Å². The van der Waals surface area contributed by atoms with E-state index in [1.165, 1.54) is 0 Å². The van der Waals surface area contributed by atoms with Gasteiger partial charge in [0.1, 0.15) is 10.8 Å². The Labute approximate surface area is 114 Å². The minimum atomic E-state index is -4.55. The highest BCUT2D eigenvalue weighted by molar-refractivity contribution is 6.32. The molecule has 19 heavy (non-hydrogen) atoms. The largest absolute Gasteiger partial charge is 0.433 e. The molecule has 2 nitrogen and oxygen atoms in total. The third-order valence-corrected chi connectivity index (χ3v) is 3.67. The lowest BCUT2D eigenvalue weighted by molar-refractivity contribution is -0.141. The fourth-order valence-corrected chi connectivity index (χ4v) is 2.61. The number of halogens is 4. The van der Waals surface area contributed by atoms with Gasteiger partial charge in [0.25, 0.3) is 0 Å². The van der Waals surface area contributed by atoms with Crippen molar-refractivity contribution in [2.45, 2.75) is 38.3 Å². The number of aromatic nitrogens is 1. The lowest BCUT2D eigenvalue weighted by atomic mass is 9.84. The minimum absolute atomic E-state index is 0.0987. The predicted molar refractivity (Wildman–Crippen MR) is 65.2 cm³/mol. The zero-order valence-corrected chi connectivity index (χ0v) is 10.9. The summed E-state index contributed by atoms with van der Waals surface area (Å²) in [5.41, 5.74) is -0.973. The van der Waals surface area contributed by atoms with Gasteiger partial charge >= 0.3 is 6.18 Å². The Kier molecular flexibility index (Phi) is 4.13. The Bertz CT molecular complexity index is 481. The third kappa shape index (κ3) is 3.26. The van der Waals surface area contributed by atoms with Gasteiger partial charge in [-0.3, -0.25) is 4.79 Å². The SMILES string of the molecule is O=C(c1ccc(C(F)(F)F)nc1Cl)C1CCCCC1. The summed E-state index contributed by atoms with van der Waals surface area (Å²) in [6.45, 7) is 0. The fraction of sp³-hybridized carbons (Fsp3) is 0.538. The van der Waals surface area contributed by atoms with Gasteiger partial charge in [-0.25, -0.2) is 4.98 Å². The minimum Gasteiger partial charge on any atom is -0.294 e. The van der Waals surface area contributed by atoms with E-state index >= 15 is 0 Å². The van der Waals surface area contributed by atoms with Gasteiger partial charge in [0.15, 0.2) is 5.78 Å². The number of carbonyl (C=O) groups is 1. The van der Waals surface area contributed by atoms with Crippen LogP contribution >= 0.6 is 11.6 Å². The maximum Gasteiger partial charge on any atom is 0.433 e. The van der Waals surface area contributed by atoms with E-state index < -0.39 is 11.9 Å². The Morgan fingerprint density at radius 3 is 2.37 bits per heavy atom. The van der Waals surface area contributed by atoms with Crippen molar-refractivity contribution in [1.29, 1.82) is 0 Å². The van der Waals surface area contributed by atoms with Crippen LogP contribution in [0.1, 0.15) is 48.2 Å². The van der Waals surface area contributed by atoms with Gasteiger partial charge in [0, 0.05) is 5.92 Å². The first-order valence-corrected chi connectivity index (χ1v) is 6.55. The monoisotopic (exact) mass is 291 g/mol. The molecule has 1 fully saturated rings. The zero-order chi connectivity index (χ0) is 14.0. The van der Waals surface area contributed by atoms with Gasteiger partial charge in [-0.05, 0) is 25.0 Å². The molecule has 0 unspecified atom stereocenters. The highest BCUT2D eigenvalue weighted by Gasteiger charge is 2.34. The van der Waals surface area contributed by atoms with Gasteiger partial charge in [0.05, 0.1) is 5.56 Å². The quantitative estimate of drug-likeness (QED) is 0.592. The molecule has 1 saturated carbocycles. The van der Waals surface area contributed by atoms with Crippen molar-refractivity contribution < 1.29 is 18.0 Å². The Morgan fingerprint density at radius 1 is 1.21 bits per heavy atom. The lowest BCUT2D eigenvalue weighted by Crippen LogP contribution is -2.19. The fourth-order valence-electron chi connectivity index (χ4n) is 2.36. The van der Waals surface area contributed by atoms with Crippen molar-refractivity contribution in [2.75, 3.05) is 0 Å². The van der Waals surface area contributed by atoms with Gasteiger partial charge < -0.3 is 0 Å². The van der Waals surface area contributed by atoms with Gasteiger partial charge in [-0.15, -0.1) is 0 Å². The molecule has 104 valence electrons. The number of pyridine rings is 1. The molecule has 0 aromatic carbocycles. The topological polar surface area (TPSA) is 30.0 Å². The predicted octanol–water partition coefficient (Wildman–Crippen LogP) is 4.52. The van der Waals surface area contributed by atoms with E-state index in [-0.39, 0.29) is 22.4 Å². The molecule has 0 bridgehead atoms.